The van der Waals surface area contributed by atoms with Crippen LogP contribution in [0.1, 0.15) is 24.8 Å². The molecule has 2 N–H and O–H groups in total. The minimum Gasteiger partial charge on any atom is -0.325 e. The molecule has 4 rings (SSSR count). The van der Waals surface area contributed by atoms with E-state index < -0.39 is 5.41 Å². The SMILES string of the molecule is O=C(Nc1ccc(F)cc1)C1(c2ccc(-c3ccn[nH]3)nc2)CCC1. The molecule has 0 bridgehead atoms. The maximum atomic E-state index is 13.0. The van der Waals surface area contributed by atoms with E-state index in [0.29, 0.717) is 5.69 Å². The second kappa shape index (κ2) is 6.12. The van der Waals surface area contributed by atoms with Crippen LogP contribution in [0.3, 0.4) is 0 Å². The van der Waals surface area contributed by atoms with Crippen molar-refractivity contribution in [2.45, 2.75) is 24.7 Å². The molecule has 1 aliphatic carbocycles. The minimum absolute atomic E-state index is 0.0681. The number of carbonyl (C=O) groups is 1. The monoisotopic (exact) mass is 336 g/mol. The summed E-state index contributed by atoms with van der Waals surface area (Å²) in [5.41, 5.74) is 2.56. The minimum atomic E-state index is -0.562. The van der Waals surface area contributed by atoms with E-state index in [1.807, 2.05) is 18.2 Å². The van der Waals surface area contributed by atoms with Crippen molar-refractivity contribution in [3.8, 4) is 11.4 Å². The van der Waals surface area contributed by atoms with Crippen molar-refractivity contribution < 1.29 is 9.18 Å². The third kappa shape index (κ3) is 2.80. The Morgan fingerprint density at radius 3 is 2.48 bits per heavy atom. The normalized spacial score (nSPS) is 15.4. The summed E-state index contributed by atoms with van der Waals surface area (Å²) in [6.07, 6.45) is 6.00. The van der Waals surface area contributed by atoms with Crippen LogP contribution in [-0.2, 0) is 10.2 Å². The molecule has 0 aliphatic heterocycles. The predicted molar refractivity (Wildman–Crippen MR) is 92.4 cm³/mol. The fourth-order valence-electron chi connectivity index (χ4n) is 3.20. The molecule has 126 valence electrons. The van der Waals surface area contributed by atoms with Gasteiger partial charge in [0, 0.05) is 18.1 Å². The van der Waals surface area contributed by atoms with Crippen molar-refractivity contribution in [1.29, 1.82) is 0 Å². The van der Waals surface area contributed by atoms with Crippen molar-refractivity contribution in [2.24, 2.45) is 0 Å². The van der Waals surface area contributed by atoms with Crippen LogP contribution in [0, 0.1) is 5.82 Å². The first kappa shape index (κ1) is 15.5. The van der Waals surface area contributed by atoms with Gasteiger partial charge in [0.2, 0.25) is 5.91 Å². The van der Waals surface area contributed by atoms with Gasteiger partial charge in [-0.15, -0.1) is 0 Å². The Kier molecular flexibility index (Phi) is 3.80. The Balaban J connectivity index is 1.57. The number of aromatic nitrogens is 3. The lowest BCUT2D eigenvalue weighted by atomic mass is 9.64. The largest absolute Gasteiger partial charge is 0.325 e. The summed E-state index contributed by atoms with van der Waals surface area (Å²) in [6, 6.07) is 11.5. The molecular formula is C19H17FN4O. The van der Waals surface area contributed by atoms with Gasteiger partial charge in [0.15, 0.2) is 0 Å². The van der Waals surface area contributed by atoms with Crippen LogP contribution >= 0.6 is 0 Å². The smallest absolute Gasteiger partial charge is 0.235 e. The molecule has 3 aromatic rings. The standard InChI is InChI=1S/C19H17FN4O/c20-14-3-5-15(6-4-14)23-18(25)19(9-1-10-19)13-2-7-16(21-12-13)17-8-11-22-24-17/h2-8,11-12H,1,9-10H2,(H,22,24)(H,23,25). The number of amides is 1. The molecule has 5 nitrogen and oxygen atoms in total. The molecular weight excluding hydrogens is 319 g/mol. The quantitative estimate of drug-likeness (QED) is 0.763. The number of rotatable bonds is 4. The topological polar surface area (TPSA) is 70.7 Å². The fraction of sp³-hybridized carbons (Fsp3) is 0.211. The van der Waals surface area contributed by atoms with Crippen LogP contribution in [0.25, 0.3) is 11.4 Å². The number of anilines is 1. The van der Waals surface area contributed by atoms with E-state index in [9.17, 15) is 9.18 Å². The highest BCUT2D eigenvalue weighted by Gasteiger charge is 2.45. The third-order valence-corrected chi connectivity index (χ3v) is 4.84. The molecule has 0 unspecified atom stereocenters. The number of H-pyrrole nitrogens is 1. The van der Waals surface area contributed by atoms with Gasteiger partial charge in [0.05, 0.1) is 16.8 Å². The molecule has 1 aliphatic rings. The average molecular weight is 336 g/mol. The van der Waals surface area contributed by atoms with Crippen LogP contribution in [0.2, 0.25) is 0 Å². The summed E-state index contributed by atoms with van der Waals surface area (Å²) in [5, 5.41) is 9.70. The van der Waals surface area contributed by atoms with Gasteiger partial charge in [0.25, 0.3) is 0 Å². The van der Waals surface area contributed by atoms with Crippen LogP contribution < -0.4 is 5.32 Å². The first-order valence-electron chi connectivity index (χ1n) is 8.21. The Hall–Kier alpha value is -3.02. The van der Waals surface area contributed by atoms with E-state index in [0.717, 1.165) is 36.2 Å². The Morgan fingerprint density at radius 2 is 1.92 bits per heavy atom. The second-order valence-corrected chi connectivity index (χ2v) is 6.30. The highest BCUT2D eigenvalue weighted by molar-refractivity contribution is 5.99. The van der Waals surface area contributed by atoms with Crippen molar-refractivity contribution in [3.63, 3.8) is 0 Å². The van der Waals surface area contributed by atoms with Gasteiger partial charge in [-0.3, -0.25) is 14.9 Å². The number of aromatic amines is 1. The molecule has 1 amide bonds. The van der Waals surface area contributed by atoms with Crippen molar-refractivity contribution >= 4 is 11.6 Å². The van der Waals surface area contributed by atoms with E-state index in [1.165, 1.54) is 12.1 Å². The summed E-state index contributed by atoms with van der Waals surface area (Å²) >= 11 is 0. The van der Waals surface area contributed by atoms with Crippen LogP contribution in [-0.4, -0.2) is 21.1 Å². The van der Waals surface area contributed by atoms with Crippen molar-refractivity contribution in [3.05, 3.63) is 66.2 Å². The first-order chi connectivity index (χ1) is 12.2. The van der Waals surface area contributed by atoms with Gasteiger partial charge in [-0.05, 0) is 54.8 Å². The first-order valence-corrected chi connectivity index (χ1v) is 8.21. The van der Waals surface area contributed by atoms with Crippen molar-refractivity contribution in [2.75, 3.05) is 5.32 Å². The Morgan fingerprint density at radius 1 is 1.12 bits per heavy atom. The molecule has 2 heterocycles. The zero-order chi connectivity index (χ0) is 17.3. The molecule has 0 saturated heterocycles. The number of carbonyl (C=O) groups excluding carboxylic acids is 1. The van der Waals surface area contributed by atoms with Crippen LogP contribution in [0.4, 0.5) is 10.1 Å². The third-order valence-electron chi connectivity index (χ3n) is 4.84. The van der Waals surface area contributed by atoms with E-state index in [2.05, 4.69) is 20.5 Å². The number of halogens is 1. The van der Waals surface area contributed by atoms with Gasteiger partial charge >= 0.3 is 0 Å². The number of nitrogens with zero attached hydrogens (tertiary/aromatic N) is 2. The average Bonchev–Trinajstić information content (AvgIpc) is 3.11. The maximum Gasteiger partial charge on any atom is 0.235 e. The van der Waals surface area contributed by atoms with Crippen LogP contribution in [0.15, 0.2) is 54.9 Å². The van der Waals surface area contributed by atoms with Crippen LogP contribution in [0.5, 0.6) is 0 Å². The predicted octanol–water partition coefficient (Wildman–Crippen LogP) is 3.67. The highest BCUT2D eigenvalue weighted by atomic mass is 19.1. The number of hydrogen-bond donors (Lipinski definition) is 2. The molecule has 1 saturated carbocycles. The summed E-state index contributed by atoms with van der Waals surface area (Å²) < 4.78 is 13.0. The zero-order valence-corrected chi connectivity index (χ0v) is 13.5. The lowest BCUT2D eigenvalue weighted by Gasteiger charge is -2.40. The van der Waals surface area contributed by atoms with Gasteiger partial charge in [-0.1, -0.05) is 12.5 Å². The number of benzene rings is 1. The van der Waals surface area contributed by atoms with Gasteiger partial charge in [0.1, 0.15) is 5.82 Å². The lowest BCUT2D eigenvalue weighted by Crippen LogP contribution is -2.46. The van der Waals surface area contributed by atoms with Gasteiger partial charge < -0.3 is 5.32 Å². The number of hydrogen-bond acceptors (Lipinski definition) is 3. The van der Waals surface area contributed by atoms with Crippen molar-refractivity contribution in [1.82, 2.24) is 15.2 Å². The number of nitrogens with one attached hydrogen (secondary N) is 2. The van der Waals surface area contributed by atoms with E-state index in [1.54, 1.807) is 24.5 Å². The fourth-order valence-corrected chi connectivity index (χ4v) is 3.20. The number of pyridine rings is 1. The van der Waals surface area contributed by atoms with E-state index in [-0.39, 0.29) is 11.7 Å². The van der Waals surface area contributed by atoms with E-state index in [4.69, 9.17) is 0 Å². The molecule has 6 heteroatoms. The Bertz CT molecular complexity index is 869. The zero-order valence-electron chi connectivity index (χ0n) is 13.5. The van der Waals surface area contributed by atoms with Gasteiger partial charge in [-0.2, -0.15) is 5.10 Å². The molecule has 1 aromatic carbocycles. The highest BCUT2D eigenvalue weighted by Crippen LogP contribution is 2.44. The molecule has 25 heavy (non-hydrogen) atoms. The van der Waals surface area contributed by atoms with Gasteiger partial charge in [-0.25, -0.2) is 4.39 Å². The summed E-state index contributed by atoms with van der Waals surface area (Å²) in [5.74, 6) is -0.392. The summed E-state index contributed by atoms with van der Waals surface area (Å²) in [6.45, 7) is 0. The Labute approximate surface area is 144 Å². The maximum absolute atomic E-state index is 13.0. The molecule has 0 spiro atoms. The second-order valence-electron chi connectivity index (χ2n) is 6.30. The molecule has 0 radical (unpaired) electrons. The van der Waals surface area contributed by atoms with E-state index >= 15 is 0 Å². The summed E-state index contributed by atoms with van der Waals surface area (Å²) in [7, 11) is 0. The molecule has 2 aromatic heterocycles. The molecule has 1 fully saturated rings. The lowest BCUT2D eigenvalue weighted by molar-refractivity contribution is -0.124. The summed E-state index contributed by atoms with van der Waals surface area (Å²) in [4.78, 5) is 17.3. The molecule has 0 atom stereocenters.